The van der Waals surface area contributed by atoms with Gasteiger partial charge in [0.05, 0.1) is 0 Å². The molecule has 0 radical (unpaired) electrons. The maximum absolute atomic E-state index is 9.44. The van der Waals surface area contributed by atoms with Crippen molar-refractivity contribution in [3.63, 3.8) is 0 Å². The second kappa shape index (κ2) is 10.9. The van der Waals surface area contributed by atoms with Crippen molar-refractivity contribution in [1.82, 2.24) is 5.32 Å². The van der Waals surface area contributed by atoms with Crippen LogP contribution in [0.5, 0.6) is 0 Å². The van der Waals surface area contributed by atoms with Crippen molar-refractivity contribution in [2.75, 3.05) is 6.54 Å². The number of alkyl halides is 2. The van der Waals surface area contributed by atoms with Crippen LogP contribution in [-0.2, 0) is 4.79 Å². The Morgan fingerprint density at radius 1 is 1.44 bits per heavy atom. The highest BCUT2D eigenvalue weighted by Crippen LogP contribution is 1.98. The third-order valence-corrected chi connectivity index (χ3v) is 1.81. The highest BCUT2D eigenvalue weighted by Gasteiger charge is 2.05. The highest BCUT2D eigenvalue weighted by molar-refractivity contribution is 6.52. The summed E-state index contributed by atoms with van der Waals surface area (Å²) in [6.07, 6.45) is 0.986. The monoisotopic (exact) mass is 299 g/mol. The number of nitrogens with zero attached hydrogens (tertiary/aromatic N) is 1. The third kappa shape index (κ3) is 17.2. The summed E-state index contributed by atoms with van der Waals surface area (Å²) in [7, 11) is 0. The number of carboxylic acid groups (broad SMARTS) is 1. The quantitative estimate of drug-likeness (QED) is 0.296. The van der Waals surface area contributed by atoms with E-state index in [0.29, 0.717) is 12.5 Å². The normalized spacial score (nSPS) is 10.9. The number of nitrogens with two attached hydrogens (primary N) is 2. The Kier molecular flexibility index (Phi) is 11.6. The van der Waals surface area contributed by atoms with Gasteiger partial charge in [-0.3, -0.25) is 15.7 Å². The molecular formula is C9H19Cl2N5O2. The molecule has 0 rings (SSSR count). The highest BCUT2D eigenvalue weighted by atomic mass is 35.5. The average molecular weight is 300 g/mol. The first-order valence-electron chi connectivity index (χ1n) is 5.08. The summed E-state index contributed by atoms with van der Waals surface area (Å²) in [6, 6.07) is 0. The zero-order chi connectivity index (χ0) is 14.7. The van der Waals surface area contributed by atoms with Gasteiger partial charge in [-0.2, -0.15) is 0 Å². The summed E-state index contributed by atoms with van der Waals surface area (Å²) in [5.41, 5.74) is 10.4. The largest absolute Gasteiger partial charge is 0.479 e. The van der Waals surface area contributed by atoms with Gasteiger partial charge in [-0.1, -0.05) is 37.0 Å². The molecule has 7 N–H and O–H groups in total. The van der Waals surface area contributed by atoms with Crippen LogP contribution in [0.3, 0.4) is 0 Å². The van der Waals surface area contributed by atoms with Gasteiger partial charge >= 0.3 is 5.97 Å². The zero-order valence-electron chi connectivity index (χ0n) is 10.3. The molecule has 0 heterocycles. The maximum atomic E-state index is 9.44. The number of hydrogen-bond donors (Lipinski definition) is 5. The van der Waals surface area contributed by atoms with E-state index in [1.165, 1.54) is 0 Å². The van der Waals surface area contributed by atoms with Gasteiger partial charge in [0.2, 0.25) is 4.84 Å². The Balaban J connectivity index is 0. The van der Waals surface area contributed by atoms with Gasteiger partial charge < -0.3 is 16.6 Å². The number of hydrogen-bond acceptors (Lipinski definition) is 3. The predicted molar refractivity (Wildman–Crippen MR) is 74.1 cm³/mol. The number of halogens is 2. The van der Waals surface area contributed by atoms with Crippen LogP contribution in [0.1, 0.15) is 20.3 Å². The van der Waals surface area contributed by atoms with Crippen molar-refractivity contribution in [2.45, 2.75) is 25.1 Å². The number of carboxylic acids is 1. The average Bonchev–Trinajstić information content (AvgIpc) is 2.16. The molecule has 0 unspecified atom stereocenters. The van der Waals surface area contributed by atoms with Crippen LogP contribution in [0, 0.1) is 11.3 Å². The first-order valence-corrected chi connectivity index (χ1v) is 5.96. The van der Waals surface area contributed by atoms with Crippen LogP contribution in [0.25, 0.3) is 0 Å². The standard InChI is InChI=1S/C7H17N5.C2H2Cl2O2/c1-5(2)3-4-11-7(10)12-6(8)9;3-1(4)2(5)6/h5H,3-4H2,1-2H3,(H6,8,9,10,11,12);1H,(H,5,6). The minimum Gasteiger partial charge on any atom is -0.479 e. The summed E-state index contributed by atoms with van der Waals surface area (Å²) in [5.74, 6) is -0.568. The minimum absolute atomic E-state index is 0.180. The first-order chi connectivity index (χ1) is 8.16. The Bertz CT molecular complexity index is 295. The van der Waals surface area contributed by atoms with E-state index in [4.69, 9.17) is 45.2 Å². The van der Waals surface area contributed by atoms with E-state index in [2.05, 4.69) is 24.2 Å². The molecule has 0 aliphatic carbocycles. The van der Waals surface area contributed by atoms with Crippen LogP contribution in [0.4, 0.5) is 0 Å². The molecule has 0 aromatic rings. The molecule has 0 aromatic carbocycles. The van der Waals surface area contributed by atoms with Gasteiger partial charge in [-0.25, -0.2) is 4.79 Å². The van der Waals surface area contributed by atoms with Crippen LogP contribution in [0.15, 0.2) is 4.99 Å². The van der Waals surface area contributed by atoms with Crippen LogP contribution in [0.2, 0.25) is 0 Å². The van der Waals surface area contributed by atoms with E-state index in [-0.39, 0.29) is 11.9 Å². The molecule has 9 heteroatoms. The molecule has 0 saturated heterocycles. The fourth-order valence-electron chi connectivity index (χ4n) is 0.621. The van der Waals surface area contributed by atoms with Gasteiger partial charge in [0, 0.05) is 6.54 Å². The lowest BCUT2D eigenvalue weighted by Crippen LogP contribution is -2.40. The second-order valence-corrected chi connectivity index (χ2v) is 4.72. The van der Waals surface area contributed by atoms with Crippen LogP contribution < -0.4 is 16.8 Å². The second-order valence-electron chi connectivity index (χ2n) is 3.63. The molecule has 0 bridgehead atoms. The lowest BCUT2D eigenvalue weighted by Gasteiger charge is -2.03. The topological polar surface area (TPSA) is 138 Å². The molecule has 0 aliphatic heterocycles. The summed E-state index contributed by atoms with van der Waals surface area (Å²) in [5, 5.41) is 17.0. The number of aliphatic carboxylic acids is 1. The Hall–Kier alpha value is -1.21. The van der Waals surface area contributed by atoms with Crippen molar-refractivity contribution >= 4 is 41.1 Å². The summed E-state index contributed by atoms with van der Waals surface area (Å²) < 4.78 is 0. The Morgan fingerprint density at radius 3 is 2.17 bits per heavy atom. The molecular weight excluding hydrogens is 281 g/mol. The third-order valence-electron chi connectivity index (χ3n) is 1.44. The lowest BCUT2D eigenvalue weighted by molar-refractivity contribution is -0.135. The summed E-state index contributed by atoms with van der Waals surface area (Å²) in [6.45, 7) is 4.90. The number of guanidine groups is 2. The predicted octanol–water partition coefficient (Wildman–Crippen LogP) is 0.705. The van der Waals surface area contributed by atoms with Gasteiger partial charge in [0.1, 0.15) is 0 Å². The molecule has 0 aromatic heterocycles. The molecule has 106 valence electrons. The Morgan fingerprint density at radius 2 is 1.89 bits per heavy atom. The van der Waals surface area contributed by atoms with Crippen molar-refractivity contribution in [2.24, 2.45) is 22.4 Å². The van der Waals surface area contributed by atoms with E-state index >= 15 is 0 Å². The number of rotatable bonds is 4. The van der Waals surface area contributed by atoms with Crippen LogP contribution >= 0.6 is 23.2 Å². The molecule has 0 spiro atoms. The molecule has 0 amide bonds. The smallest absolute Gasteiger partial charge is 0.337 e. The minimum atomic E-state index is -1.29. The molecule has 18 heavy (non-hydrogen) atoms. The molecule has 0 fully saturated rings. The fourth-order valence-corrected chi connectivity index (χ4v) is 0.621. The van der Waals surface area contributed by atoms with Crippen molar-refractivity contribution in [1.29, 1.82) is 5.41 Å². The van der Waals surface area contributed by atoms with E-state index in [1.54, 1.807) is 0 Å². The van der Waals surface area contributed by atoms with Gasteiger partial charge in [0.25, 0.3) is 0 Å². The number of aliphatic imine (C=N–C) groups is 1. The van der Waals surface area contributed by atoms with Gasteiger partial charge in [0.15, 0.2) is 11.9 Å². The number of carbonyl (C=O) groups is 1. The SMILES string of the molecule is CC(C)CCN=C(N)NC(=N)N.O=C(O)C(Cl)Cl. The van der Waals surface area contributed by atoms with E-state index in [9.17, 15) is 4.79 Å². The molecule has 0 aliphatic rings. The zero-order valence-corrected chi connectivity index (χ0v) is 11.8. The summed E-state index contributed by atoms with van der Waals surface area (Å²) >= 11 is 9.56. The first kappa shape index (κ1) is 19.1. The van der Waals surface area contributed by atoms with E-state index in [0.717, 1.165) is 6.42 Å². The fraction of sp³-hybridized carbons (Fsp3) is 0.667. The van der Waals surface area contributed by atoms with Gasteiger partial charge in [-0.15, -0.1) is 0 Å². The molecule has 0 saturated carbocycles. The van der Waals surface area contributed by atoms with Gasteiger partial charge in [-0.05, 0) is 12.3 Å². The van der Waals surface area contributed by atoms with E-state index < -0.39 is 10.8 Å². The maximum Gasteiger partial charge on any atom is 0.337 e. The lowest BCUT2D eigenvalue weighted by atomic mass is 10.1. The number of nitrogens with one attached hydrogen (secondary N) is 2. The summed E-state index contributed by atoms with van der Waals surface area (Å²) in [4.78, 5) is 12.1. The van der Waals surface area contributed by atoms with E-state index in [1.807, 2.05) is 0 Å². The Labute approximate surface area is 116 Å². The molecule has 7 nitrogen and oxygen atoms in total. The van der Waals surface area contributed by atoms with Crippen molar-refractivity contribution in [3.8, 4) is 0 Å². The van der Waals surface area contributed by atoms with Crippen molar-refractivity contribution in [3.05, 3.63) is 0 Å². The van der Waals surface area contributed by atoms with Crippen molar-refractivity contribution < 1.29 is 9.90 Å². The molecule has 0 atom stereocenters. The van der Waals surface area contributed by atoms with Crippen LogP contribution in [-0.4, -0.2) is 34.4 Å².